The number of ether oxygens (including phenoxy) is 1. The number of aliphatic imine (C=N–C) groups is 1. The van der Waals surface area contributed by atoms with E-state index >= 15 is 0 Å². The maximum absolute atomic E-state index is 12.7. The third-order valence-corrected chi connectivity index (χ3v) is 5.88. The number of hydrogen-bond acceptors (Lipinski definition) is 8. The van der Waals surface area contributed by atoms with Crippen molar-refractivity contribution in [3.05, 3.63) is 47.5 Å². The van der Waals surface area contributed by atoms with Crippen LogP contribution in [0.15, 0.2) is 52.1 Å². The van der Waals surface area contributed by atoms with Crippen LogP contribution in [0.5, 0.6) is 5.75 Å². The van der Waals surface area contributed by atoms with E-state index in [4.69, 9.17) is 15.0 Å². The largest absolute Gasteiger partial charge is 0.857 e. The molecule has 0 saturated heterocycles. The van der Waals surface area contributed by atoms with Crippen molar-refractivity contribution in [1.29, 1.82) is 0 Å². The van der Waals surface area contributed by atoms with Crippen LogP contribution in [-0.4, -0.2) is 23.3 Å². The molecule has 8 nitrogen and oxygen atoms in total. The molecule has 1 aliphatic carbocycles. The smallest absolute Gasteiger partial charge is 0.320 e. The molecule has 1 fully saturated rings. The maximum Gasteiger partial charge on any atom is 0.320 e. The summed E-state index contributed by atoms with van der Waals surface area (Å²) in [6.45, 7) is 0. The molecule has 9 heteroatoms. The van der Waals surface area contributed by atoms with E-state index in [-0.39, 0.29) is 5.88 Å². The van der Waals surface area contributed by atoms with Gasteiger partial charge in [-0.2, -0.15) is 0 Å². The quantitative estimate of drug-likeness (QED) is 0.309. The summed E-state index contributed by atoms with van der Waals surface area (Å²) < 4.78 is 12.2. The number of aromatic nitrogens is 3. The number of fused-ring (bicyclic) bond motifs is 1. The number of hydrogen-bond donors (Lipinski definition) is 1. The van der Waals surface area contributed by atoms with Crippen LogP contribution in [0.25, 0.3) is 21.5 Å². The number of nitrogens with two attached hydrogens (primary N) is 1. The number of pyridine rings is 1. The summed E-state index contributed by atoms with van der Waals surface area (Å²) in [4.78, 5) is 9.70. The van der Waals surface area contributed by atoms with E-state index in [1.54, 1.807) is 18.0 Å². The monoisotopic (exact) mass is 407 g/mol. The highest BCUT2D eigenvalue weighted by atomic mass is 32.1. The molecule has 0 amide bonds. The first-order chi connectivity index (χ1) is 14.1. The molecule has 3 heterocycles. The van der Waals surface area contributed by atoms with Crippen LogP contribution in [0, 0.1) is 0 Å². The van der Waals surface area contributed by atoms with Crippen LogP contribution in [-0.2, 0) is 0 Å². The van der Waals surface area contributed by atoms with E-state index in [2.05, 4.69) is 15.2 Å². The molecule has 3 aromatic heterocycles. The molecule has 0 atom stereocenters. The molecule has 1 aliphatic rings. The second-order valence-electron chi connectivity index (χ2n) is 6.76. The minimum Gasteiger partial charge on any atom is -0.857 e. The molecule has 29 heavy (non-hydrogen) atoms. The van der Waals surface area contributed by atoms with Crippen molar-refractivity contribution < 1.29 is 19.0 Å². The molecule has 0 bridgehead atoms. The van der Waals surface area contributed by atoms with Gasteiger partial charge >= 0.3 is 5.88 Å². The van der Waals surface area contributed by atoms with Gasteiger partial charge in [-0.05, 0) is 28.9 Å². The van der Waals surface area contributed by atoms with E-state index in [1.807, 2.05) is 36.4 Å². The zero-order valence-corrected chi connectivity index (χ0v) is 16.3. The standard InChI is InChI=1S/C20H17N5O3S/c1-27-15-5-3-2-4-12(15)14-9-8-13-17(21)18(29-20(13)22-14)19(26)23-16-10-25(24-28-16)11-6-7-11/h2-5,8-11H,6-7H2,1H3,(H2-,21,23,24,26). The predicted octanol–water partition coefficient (Wildman–Crippen LogP) is 2.60. The van der Waals surface area contributed by atoms with E-state index in [0.717, 1.165) is 35.2 Å². The highest BCUT2D eigenvalue weighted by Gasteiger charge is 2.35. The summed E-state index contributed by atoms with van der Waals surface area (Å²) in [5, 5.41) is 17.3. The van der Waals surface area contributed by atoms with Crippen LogP contribution < -0.4 is 20.3 Å². The van der Waals surface area contributed by atoms with Crippen LogP contribution in [0.3, 0.4) is 0 Å². The summed E-state index contributed by atoms with van der Waals surface area (Å²) in [5.74, 6) is 0.425. The Morgan fingerprint density at radius 3 is 2.93 bits per heavy atom. The predicted molar refractivity (Wildman–Crippen MR) is 107 cm³/mol. The lowest BCUT2D eigenvalue weighted by molar-refractivity contribution is -0.765. The van der Waals surface area contributed by atoms with E-state index in [9.17, 15) is 5.11 Å². The van der Waals surface area contributed by atoms with Crippen LogP contribution in [0.4, 0.5) is 11.6 Å². The normalized spacial score (nSPS) is 14.4. The fourth-order valence-corrected chi connectivity index (χ4v) is 4.10. The van der Waals surface area contributed by atoms with Gasteiger partial charge in [0.05, 0.1) is 23.4 Å². The van der Waals surface area contributed by atoms with E-state index < -0.39 is 5.90 Å². The first-order valence-corrected chi connectivity index (χ1v) is 9.92. The molecule has 0 unspecified atom stereocenters. The number of nitrogens with zero attached hydrogens (tertiary/aromatic N) is 4. The van der Waals surface area contributed by atoms with Gasteiger partial charge < -0.3 is 15.6 Å². The molecule has 1 saturated carbocycles. The van der Waals surface area contributed by atoms with Crippen molar-refractivity contribution in [2.75, 3.05) is 12.8 Å². The number of para-hydroxylation sites is 1. The summed E-state index contributed by atoms with van der Waals surface area (Å²) in [6, 6.07) is 11.7. The third-order valence-electron chi connectivity index (χ3n) is 4.78. The minimum absolute atomic E-state index is 0.168. The van der Waals surface area contributed by atoms with Gasteiger partial charge in [-0.15, -0.1) is 11.3 Å². The van der Waals surface area contributed by atoms with Gasteiger partial charge in [0.25, 0.3) is 6.20 Å². The Kier molecular flexibility index (Phi) is 4.17. The number of nitrogen functional groups attached to an aromatic ring is 1. The van der Waals surface area contributed by atoms with Gasteiger partial charge in [-0.3, -0.25) is 4.52 Å². The summed E-state index contributed by atoms with van der Waals surface area (Å²) in [7, 11) is 1.62. The van der Waals surface area contributed by atoms with Crippen LogP contribution >= 0.6 is 11.3 Å². The Bertz CT molecular complexity index is 1240. The number of anilines is 1. The lowest BCUT2D eigenvalue weighted by Crippen LogP contribution is -2.32. The van der Waals surface area contributed by atoms with Gasteiger partial charge in [-0.1, -0.05) is 12.1 Å². The van der Waals surface area contributed by atoms with Crippen molar-refractivity contribution in [2.24, 2.45) is 4.99 Å². The first kappa shape index (κ1) is 17.6. The Balaban J connectivity index is 1.53. The molecule has 0 spiro atoms. The minimum atomic E-state index is -0.469. The number of benzene rings is 1. The summed E-state index contributed by atoms with van der Waals surface area (Å²) in [6.07, 6.45) is 3.76. The van der Waals surface area contributed by atoms with Gasteiger partial charge in [0.1, 0.15) is 10.6 Å². The van der Waals surface area contributed by atoms with Crippen molar-refractivity contribution in [3.8, 4) is 17.0 Å². The Hall–Kier alpha value is -3.46. The molecular formula is C20H17N5O3S. The van der Waals surface area contributed by atoms with Gasteiger partial charge in [-0.25, -0.2) is 9.98 Å². The lowest BCUT2D eigenvalue weighted by Gasteiger charge is -2.07. The summed E-state index contributed by atoms with van der Waals surface area (Å²) >= 11 is 1.21. The second kappa shape index (κ2) is 6.85. The first-order valence-electron chi connectivity index (χ1n) is 9.10. The average molecular weight is 407 g/mol. The van der Waals surface area contributed by atoms with Gasteiger partial charge in [0.15, 0.2) is 6.04 Å². The fourth-order valence-electron chi connectivity index (χ4n) is 3.12. The zero-order chi connectivity index (χ0) is 20.0. The molecule has 4 aromatic rings. The molecule has 1 aromatic carbocycles. The Morgan fingerprint density at radius 2 is 2.14 bits per heavy atom. The van der Waals surface area contributed by atoms with Gasteiger partial charge in [0.2, 0.25) is 5.27 Å². The van der Waals surface area contributed by atoms with Crippen LogP contribution in [0.1, 0.15) is 23.8 Å². The maximum atomic E-state index is 12.7. The average Bonchev–Trinajstić information content (AvgIpc) is 3.41. The molecule has 0 radical (unpaired) electrons. The second-order valence-corrected chi connectivity index (χ2v) is 7.76. The fraction of sp³-hybridized carbons (Fsp3) is 0.200. The Labute approximate surface area is 169 Å². The van der Waals surface area contributed by atoms with Crippen LogP contribution in [0.2, 0.25) is 0 Å². The molecule has 2 N–H and O–H groups in total. The molecule has 5 rings (SSSR count). The third kappa shape index (κ3) is 3.19. The molecule has 0 aliphatic heterocycles. The number of rotatable bonds is 5. The van der Waals surface area contributed by atoms with Crippen molar-refractivity contribution in [1.82, 2.24) is 10.3 Å². The Morgan fingerprint density at radius 1 is 1.31 bits per heavy atom. The van der Waals surface area contributed by atoms with Crippen molar-refractivity contribution >= 4 is 39.0 Å². The van der Waals surface area contributed by atoms with E-state index in [0.29, 0.717) is 21.4 Å². The number of methoxy groups -OCH3 is 1. The molecular weight excluding hydrogens is 390 g/mol. The number of thiophene rings is 1. The van der Waals surface area contributed by atoms with Crippen molar-refractivity contribution in [3.63, 3.8) is 0 Å². The zero-order valence-electron chi connectivity index (χ0n) is 15.5. The van der Waals surface area contributed by atoms with Gasteiger partial charge in [0, 0.05) is 29.7 Å². The highest BCUT2D eigenvalue weighted by Crippen LogP contribution is 2.36. The highest BCUT2D eigenvalue weighted by molar-refractivity contribution is 7.21. The SMILES string of the molecule is COc1ccccc1-c1ccc2c(N)c(/C([O-])=N/c3c[n+](C4CC4)no3)sc2n1. The molecule has 146 valence electrons. The van der Waals surface area contributed by atoms with E-state index in [1.165, 1.54) is 11.3 Å². The summed E-state index contributed by atoms with van der Waals surface area (Å²) in [5.41, 5.74) is 8.19. The lowest BCUT2D eigenvalue weighted by atomic mass is 10.1. The topological polar surface area (TPSA) is 113 Å². The van der Waals surface area contributed by atoms with Crippen molar-refractivity contribution in [2.45, 2.75) is 18.9 Å².